The lowest BCUT2D eigenvalue weighted by molar-refractivity contribution is 0.0832. The summed E-state index contributed by atoms with van der Waals surface area (Å²) in [5.41, 5.74) is 0.977. The number of hydrogen-bond donors (Lipinski definition) is 1. The maximum Gasteiger partial charge on any atom is 0.123 e. The van der Waals surface area contributed by atoms with Crippen molar-refractivity contribution in [3.8, 4) is 0 Å². The van der Waals surface area contributed by atoms with Crippen molar-refractivity contribution in [2.75, 3.05) is 6.61 Å². The smallest absolute Gasteiger partial charge is 0.123 e. The Hall–Kier alpha value is -0.930. The van der Waals surface area contributed by atoms with E-state index >= 15 is 0 Å². The number of rotatable bonds is 4. The Morgan fingerprint density at radius 1 is 1.56 bits per heavy atom. The zero-order chi connectivity index (χ0) is 11.4. The minimum atomic E-state index is -0.177. The lowest BCUT2D eigenvalue weighted by Gasteiger charge is -2.20. The number of hydrogen-bond acceptors (Lipinski definition) is 2. The average molecular weight is 223 g/mol. The number of halogens is 1. The number of nitrogens with one attached hydrogen (secondary N) is 1. The Morgan fingerprint density at radius 2 is 2.44 bits per heavy atom. The van der Waals surface area contributed by atoms with Gasteiger partial charge in [0.1, 0.15) is 5.82 Å². The van der Waals surface area contributed by atoms with E-state index < -0.39 is 0 Å². The predicted molar refractivity (Wildman–Crippen MR) is 61.7 cm³/mol. The van der Waals surface area contributed by atoms with E-state index in [0.717, 1.165) is 25.0 Å². The molecule has 0 aromatic heterocycles. The van der Waals surface area contributed by atoms with Crippen LogP contribution in [0.25, 0.3) is 0 Å². The molecule has 1 heterocycles. The van der Waals surface area contributed by atoms with Crippen LogP contribution in [0.15, 0.2) is 24.3 Å². The lowest BCUT2D eigenvalue weighted by atomic mass is 10.1. The molecule has 2 rings (SSSR count). The van der Waals surface area contributed by atoms with Crippen molar-refractivity contribution in [2.24, 2.45) is 0 Å². The van der Waals surface area contributed by atoms with Crippen molar-refractivity contribution in [1.82, 2.24) is 5.32 Å². The molecule has 88 valence electrons. The summed E-state index contributed by atoms with van der Waals surface area (Å²) < 4.78 is 18.5. The monoisotopic (exact) mass is 223 g/mol. The highest BCUT2D eigenvalue weighted by atomic mass is 19.1. The van der Waals surface area contributed by atoms with E-state index in [1.165, 1.54) is 6.07 Å². The number of benzene rings is 1. The molecule has 1 saturated heterocycles. The van der Waals surface area contributed by atoms with Gasteiger partial charge in [0.25, 0.3) is 0 Å². The van der Waals surface area contributed by atoms with Gasteiger partial charge in [-0.05, 0) is 37.5 Å². The SMILES string of the molecule is CC(NCc1cccc(F)c1)C1CCCO1. The molecule has 0 radical (unpaired) electrons. The van der Waals surface area contributed by atoms with Gasteiger partial charge < -0.3 is 10.1 Å². The van der Waals surface area contributed by atoms with E-state index in [0.29, 0.717) is 18.7 Å². The van der Waals surface area contributed by atoms with Gasteiger partial charge in [-0.15, -0.1) is 0 Å². The van der Waals surface area contributed by atoms with Gasteiger partial charge in [-0.2, -0.15) is 0 Å². The van der Waals surface area contributed by atoms with Crippen molar-refractivity contribution < 1.29 is 9.13 Å². The highest BCUT2D eigenvalue weighted by molar-refractivity contribution is 5.16. The van der Waals surface area contributed by atoms with Crippen LogP contribution in [0.4, 0.5) is 4.39 Å². The Morgan fingerprint density at radius 3 is 3.12 bits per heavy atom. The fourth-order valence-corrected chi connectivity index (χ4v) is 2.05. The first kappa shape index (κ1) is 11.6. The molecule has 1 aromatic rings. The van der Waals surface area contributed by atoms with Crippen molar-refractivity contribution in [2.45, 2.75) is 38.5 Å². The summed E-state index contributed by atoms with van der Waals surface area (Å²) in [6.45, 7) is 3.69. The average Bonchev–Trinajstić information content (AvgIpc) is 2.79. The van der Waals surface area contributed by atoms with Gasteiger partial charge in [0.15, 0.2) is 0 Å². The van der Waals surface area contributed by atoms with Crippen LogP contribution >= 0.6 is 0 Å². The van der Waals surface area contributed by atoms with Gasteiger partial charge >= 0.3 is 0 Å². The molecular weight excluding hydrogens is 205 g/mol. The summed E-state index contributed by atoms with van der Waals surface area (Å²) in [5.74, 6) is -0.177. The molecule has 1 N–H and O–H groups in total. The van der Waals surface area contributed by atoms with Crippen molar-refractivity contribution in [3.05, 3.63) is 35.6 Å². The summed E-state index contributed by atoms with van der Waals surface area (Å²) >= 11 is 0. The van der Waals surface area contributed by atoms with Crippen molar-refractivity contribution in [3.63, 3.8) is 0 Å². The molecule has 1 aliphatic heterocycles. The molecule has 0 amide bonds. The minimum Gasteiger partial charge on any atom is -0.377 e. The van der Waals surface area contributed by atoms with Gasteiger partial charge in [-0.1, -0.05) is 12.1 Å². The fourth-order valence-electron chi connectivity index (χ4n) is 2.05. The van der Waals surface area contributed by atoms with Crippen LogP contribution in [-0.4, -0.2) is 18.8 Å². The van der Waals surface area contributed by atoms with Crippen LogP contribution in [0.1, 0.15) is 25.3 Å². The molecule has 0 aliphatic carbocycles. The van der Waals surface area contributed by atoms with Gasteiger partial charge in [0, 0.05) is 19.2 Å². The third-order valence-corrected chi connectivity index (χ3v) is 3.04. The van der Waals surface area contributed by atoms with Gasteiger partial charge in [-0.25, -0.2) is 4.39 Å². The Kier molecular flexibility index (Phi) is 3.91. The maximum absolute atomic E-state index is 12.9. The second kappa shape index (κ2) is 5.41. The quantitative estimate of drug-likeness (QED) is 0.846. The summed E-state index contributed by atoms with van der Waals surface area (Å²) in [4.78, 5) is 0. The molecule has 0 spiro atoms. The molecule has 0 saturated carbocycles. The van der Waals surface area contributed by atoms with Crippen LogP contribution in [0, 0.1) is 5.82 Å². The molecule has 16 heavy (non-hydrogen) atoms. The van der Waals surface area contributed by atoms with Gasteiger partial charge in [0.05, 0.1) is 6.10 Å². The highest BCUT2D eigenvalue weighted by Gasteiger charge is 2.21. The zero-order valence-electron chi connectivity index (χ0n) is 9.58. The van der Waals surface area contributed by atoms with Crippen LogP contribution in [0.5, 0.6) is 0 Å². The molecule has 2 nitrogen and oxygen atoms in total. The summed E-state index contributed by atoms with van der Waals surface area (Å²) in [6.07, 6.45) is 2.59. The van der Waals surface area contributed by atoms with E-state index in [9.17, 15) is 4.39 Å². The van der Waals surface area contributed by atoms with Gasteiger partial charge in [-0.3, -0.25) is 0 Å². The van der Waals surface area contributed by atoms with E-state index in [1.54, 1.807) is 12.1 Å². The van der Waals surface area contributed by atoms with Crippen LogP contribution in [0.2, 0.25) is 0 Å². The number of ether oxygens (including phenoxy) is 1. The summed E-state index contributed by atoms with van der Waals surface area (Å²) in [7, 11) is 0. The van der Waals surface area contributed by atoms with Gasteiger partial charge in [0.2, 0.25) is 0 Å². The Labute approximate surface area is 95.8 Å². The minimum absolute atomic E-state index is 0.177. The molecule has 1 fully saturated rings. The standard InChI is InChI=1S/C13H18FNO/c1-10(13-6-3-7-16-13)15-9-11-4-2-5-12(14)8-11/h2,4-5,8,10,13,15H,3,6-7,9H2,1H3. The molecule has 2 atom stereocenters. The van der Waals surface area contributed by atoms with Crippen molar-refractivity contribution >= 4 is 0 Å². The predicted octanol–water partition coefficient (Wildman–Crippen LogP) is 2.48. The Bertz CT molecular complexity index is 336. The van der Waals surface area contributed by atoms with E-state index in [1.807, 2.05) is 6.07 Å². The molecule has 1 aliphatic rings. The van der Waals surface area contributed by atoms with Crippen molar-refractivity contribution in [1.29, 1.82) is 0 Å². The maximum atomic E-state index is 12.9. The summed E-state index contributed by atoms with van der Waals surface area (Å²) in [6, 6.07) is 7.02. The molecule has 1 aromatic carbocycles. The molecule has 2 unspecified atom stereocenters. The second-order valence-electron chi connectivity index (χ2n) is 4.35. The van der Waals surface area contributed by atoms with E-state index in [2.05, 4.69) is 12.2 Å². The summed E-state index contributed by atoms with van der Waals surface area (Å²) in [5, 5.41) is 3.38. The fraction of sp³-hybridized carbons (Fsp3) is 0.538. The first-order chi connectivity index (χ1) is 7.75. The van der Waals surface area contributed by atoms with Crippen LogP contribution in [-0.2, 0) is 11.3 Å². The third kappa shape index (κ3) is 3.03. The van der Waals surface area contributed by atoms with E-state index in [4.69, 9.17) is 4.74 Å². The zero-order valence-corrected chi connectivity index (χ0v) is 9.58. The molecule has 3 heteroatoms. The lowest BCUT2D eigenvalue weighted by Crippen LogP contribution is -2.36. The largest absolute Gasteiger partial charge is 0.377 e. The molecule has 0 bridgehead atoms. The third-order valence-electron chi connectivity index (χ3n) is 3.04. The first-order valence-electron chi connectivity index (χ1n) is 5.85. The molecular formula is C13H18FNO. The first-order valence-corrected chi connectivity index (χ1v) is 5.85. The highest BCUT2D eigenvalue weighted by Crippen LogP contribution is 2.15. The Balaban J connectivity index is 1.82. The topological polar surface area (TPSA) is 21.3 Å². The van der Waals surface area contributed by atoms with E-state index in [-0.39, 0.29) is 5.82 Å². The van der Waals surface area contributed by atoms with Crippen LogP contribution < -0.4 is 5.32 Å². The normalized spacial score (nSPS) is 22.2. The second-order valence-corrected chi connectivity index (χ2v) is 4.35. The van der Waals surface area contributed by atoms with Crippen LogP contribution in [0.3, 0.4) is 0 Å².